The van der Waals surface area contributed by atoms with Gasteiger partial charge in [0.2, 0.25) is 0 Å². The van der Waals surface area contributed by atoms with Crippen molar-refractivity contribution in [3.63, 3.8) is 0 Å². The first-order chi connectivity index (χ1) is 2.27. The fraction of sp³-hybridized carbons (Fsp3) is 0.333. The normalized spacial score (nSPS) is 5.29. The zero-order chi connectivity index (χ0) is 4.28. The minimum absolute atomic E-state index is 0. The van der Waals surface area contributed by atoms with Gasteiger partial charge in [-0.1, -0.05) is 0 Å². The Kier molecular flexibility index (Phi) is 22.0. The Morgan fingerprint density at radius 2 is 1.86 bits per heavy atom. The third-order valence-corrected chi connectivity index (χ3v) is 0.204. The van der Waals surface area contributed by atoms with Gasteiger partial charge in [-0.15, -0.1) is 0 Å². The van der Waals surface area contributed by atoms with Crippen molar-refractivity contribution in [2.24, 2.45) is 0 Å². The number of carboxylic acids is 1. The van der Waals surface area contributed by atoms with Crippen LogP contribution in [-0.2, 0) is 4.79 Å². The average Bonchev–Trinajstić information content (AvgIpc) is 1.38. The maximum atomic E-state index is 9.19. The van der Waals surface area contributed by atoms with Crippen molar-refractivity contribution in [1.29, 1.82) is 0 Å². The number of hydrogen-bond acceptors (Lipinski definition) is 2. The van der Waals surface area contributed by atoms with E-state index >= 15 is 0 Å². The van der Waals surface area contributed by atoms with Crippen LogP contribution in [0.1, 0.15) is 6.42 Å². The second-order valence-corrected chi connectivity index (χ2v) is 0.622. The maximum absolute atomic E-state index is 9.19. The number of aliphatic carboxylic acids is 1. The molecule has 0 atom stereocenters. The van der Waals surface area contributed by atoms with Crippen LogP contribution in [0.3, 0.4) is 0 Å². The summed E-state index contributed by atoms with van der Waals surface area (Å²) in [7, 11) is 0. The Morgan fingerprint density at radius 3 is 1.86 bits per heavy atom. The predicted octanol–water partition coefficient (Wildman–Crippen LogP) is -4.42. The van der Waals surface area contributed by atoms with Gasteiger partial charge in [-0.25, -0.2) is 0 Å². The first kappa shape index (κ1) is 15.6. The molecule has 0 fully saturated rings. The molecule has 0 aromatic heterocycles. The van der Waals surface area contributed by atoms with Crippen molar-refractivity contribution in [1.82, 2.24) is 0 Å². The third kappa shape index (κ3) is 20.4. The van der Waals surface area contributed by atoms with E-state index in [1.165, 1.54) is 0 Å². The summed E-state index contributed by atoms with van der Waals surface area (Å²) in [5.74, 6) is -1.11. The molecule has 0 aliphatic heterocycles. The van der Waals surface area contributed by atoms with E-state index in [1.54, 1.807) is 0 Å². The summed E-state index contributed by atoms with van der Waals surface area (Å²) in [6.45, 7) is 3.02. The van der Waals surface area contributed by atoms with E-state index in [9.17, 15) is 9.90 Å². The Labute approximate surface area is 67.0 Å². The van der Waals surface area contributed by atoms with Gasteiger partial charge >= 0.3 is 18.9 Å². The van der Waals surface area contributed by atoms with Gasteiger partial charge in [-0.05, 0) is 13.3 Å². The van der Waals surface area contributed by atoms with Crippen LogP contribution in [-0.4, -0.2) is 24.8 Å². The minimum atomic E-state index is -1.11. The molecule has 0 spiro atoms. The van der Waals surface area contributed by atoms with Gasteiger partial charge in [0.25, 0.3) is 0 Å². The maximum Gasteiger partial charge on any atom is 1.00 e. The third-order valence-electron chi connectivity index (χ3n) is 0.204. The molecule has 2 radical (unpaired) electrons. The zero-order valence-corrected chi connectivity index (χ0v) is 4.73. The SMILES string of the molecule is [CH2]CC(=O)[O-].[Li+].[Li]. The molecule has 0 aliphatic carbocycles. The van der Waals surface area contributed by atoms with Crippen LogP contribution in [0.4, 0.5) is 0 Å². The van der Waals surface area contributed by atoms with E-state index in [0.29, 0.717) is 0 Å². The molecule has 0 aromatic rings. The number of carboxylic acid groups (broad SMARTS) is 1. The molecule has 7 heavy (non-hydrogen) atoms. The van der Waals surface area contributed by atoms with Crippen molar-refractivity contribution in [2.45, 2.75) is 6.42 Å². The molecule has 0 aliphatic rings. The van der Waals surface area contributed by atoms with Crippen molar-refractivity contribution in [2.75, 3.05) is 0 Å². The van der Waals surface area contributed by atoms with Crippen LogP contribution in [0, 0.1) is 6.92 Å². The van der Waals surface area contributed by atoms with Crippen LogP contribution in [0.15, 0.2) is 0 Å². The first-order valence-corrected chi connectivity index (χ1v) is 1.26. The molecule has 0 N–H and O–H groups in total. The number of hydrogen-bond donors (Lipinski definition) is 0. The summed E-state index contributed by atoms with van der Waals surface area (Å²) in [5.41, 5.74) is 0. The van der Waals surface area contributed by atoms with Gasteiger partial charge in [0.05, 0.1) is 0 Å². The van der Waals surface area contributed by atoms with Crippen molar-refractivity contribution >= 4 is 24.8 Å². The summed E-state index contributed by atoms with van der Waals surface area (Å²) in [6.07, 6.45) is -0.139. The zero-order valence-electron chi connectivity index (χ0n) is 4.73. The molecule has 0 rings (SSSR count). The molecule has 4 heteroatoms. The fourth-order valence-electron chi connectivity index (χ4n) is 0. The monoisotopic (exact) mass is 86.1 g/mol. The number of carbonyl (C=O) groups is 1. The second kappa shape index (κ2) is 9.83. The van der Waals surface area contributed by atoms with Gasteiger partial charge in [-0.2, -0.15) is 0 Å². The topological polar surface area (TPSA) is 40.1 Å². The van der Waals surface area contributed by atoms with Crippen LogP contribution in [0.25, 0.3) is 0 Å². The van der Waals surface area contributed by atoms with E-state index < -0.39 is 5.97 Å². The summed E-state index contributed by atoms with van der Waals surface area (Å²) in [4.78, 5) is 9.19. The molecular formula is C3H4Li2O2. The van der Waals surface area contributed by atoms with E-state index in [-0.39, 0.29) is 44.1 Å². The molecule has 0 heterocycles. The molecule has 0 unspecified atom stereocenters. The molecular weight excluding hydrogens is 81.9 g/mol. The Morgan fingerprint density at radius 1 is 1.71 bits per heavy atom. The van der Waals surface area contributed by atoms with E-state index in [4.69, 9.17) is 0 Å². The Balaban J connectivity index is -0.0000000800. The number of carbonyl (C=O) groups excluding carboxylic acids is 1. The Hall–Kier alpha value is 0.665. The second-order valence-electron chi connectivity index (χ2n) is 0.622. The standard InChI is InChI=1S/C3H5O2.2Li/c1-2-3(4)5;;/h1-2H2,(H,4,5);;/q;;+1/p-1. The smallest absolute Gasteiger partial charge is 0.550 e. The van der Waals surface area contributed by atoms with E-state index in [2.05, 4.69) is 6.92 Å². The van der Waals surface area contributed by atoms with E-state index in [1.807, 2.05) is 0 Å². The van der Waals surface area contributed by atoms with Crippen molar-refractivity contribution in [3.8, 4) is 0 Å². The molecule has 0 saturated heterocycles. The molecule has 0 bridgehead atoms. The molecule has 30 valence electrons. The van der Waals surface area contributed by atoms with Gasteiger partial charge in [0.15, 0.2) is 0 Å². The quantitative estimate of drug-likeness (QED) is 0.302. The summed E-state index contributed by atoms with van der Waals surface area (Å²) < 4.78 is 0. The minimum Gasteiger partial charge on any atom is -0.550 e. The van der Waals surface area contributed by atoms with Crippen molar-refractivity contribution in [3.05, 3.63) is 6.92 Å². The number of rotatable bonds is 1. The van der Waals surface area contributed by atoms with E-state index in [0.717, 1.165) is 0 Å². The van der Waals surface area contributed by atoms with Gasteiger partial charge in [-0.3, -0.25) is 0 Å². The molecule has 0 saturated carbocycles. The average molecular weight is 85.9 g/mol. The van der Waals surface area contributed by atoms with Crippen LogP contribution in [0.5, 0.6) is 0 Å². The molecule has 2 nitrogen and oxygen atoms in total. The van der Waals surface area contributed by atoms with Crippen LogP contribution >= 0.6 is 0 Å². The van der Waals surface area contributed by atoms with Crippen LogP contribution < -0.4 is 24.0 Å². The first-order valence-electron chi connectivity index (χ1n) is 1.26. The summed E-state index contributed by atoms with van der Waals surface area (Å²) in [6, 6.07) is 0. The van der Waals surface area contributed by atoms with Crippen molar-refractivity contribution < 1.29 is 28.8 Å². The summed E-state index contributed by atoms with van der Waals surface area (Å²) in [5, 5.41) is 9.19. The van der Waals surface area contributed by atoms with Gasteiger partial charge in [0, 0.05) is 24.8 Å². The van der Waals surface area contributed by atoms with Gasteiger partial charge in [0.1, 0.15) is 0 Å². The fourth-order valence-corrected chi connectivity index (χ4v) is 0. The van der Waals surface area contributed by atoms with Gasteiger partial charge < -0.3 is 9.90 Å². The summed E-state index contributed by atoms with van der Waals surface area (Å²) >= 11 is 0. The Bertz CT molecular complexity index is 46.2. The molecule has 0 aromatic carbocycles. The predicted molar refractivity (Wildman–Crippen MR) is 20.7 cm³/mol. The molecule has 0 amide bonds. The van der Waals surface area contributed by atoms with Crippen LogP contribution in [0.2, 0.25) is 0 Å². The largest absolute Gasteiger partial charge is 1.00 e.